The lowest BCUT2D eigenvalue weighted by Crippen LogP contribution is -2.23. The SMILES string of the molecule is CCNC(Cc1ccc(Br)s1)c1cnn(C)c1C. The number of hydrogen-bond donors (Lipinski definition) is 1. The maximum atomic E-state index is 4.34. The molecule has 2 aromatic heterocycles. The van der Waals surface area contributed by atoms with Gasteiger partial charge in [-0.05, 0) is 41.5 Å². The number of aromatic nitrogens is 2. The summed E-state index contributed by atoms with van der Waals surface area (Å²) in [5.74, 6) is 0. The molecule has 3 nitrogen and oxygen atoms in total. The van der Waals surface area contributed by atoms with Crippen molar-refractivity contribution in [2.24, 2.45) is 7.05 Å². The summed E-state index contributed by atoms with van der Waals surface area (Å²) in [6.07, 6.45) is 2.99. The van der Waals surface area contributed by atoms with Gasteiger partial charge in [0.25, 0.3) is 0 Å². The van der Waals surface area contributed by atoms with E-state index in [4.69, 9.17) is 0 Å². The second kappa shape index (κ2) is 5.99. The third-order valence-corrected chi connectivity index (χ3v) is 4.78. The van der Waals surface area contributed by atoms with Crippen molar-refractivity contribution < 1.29 is 0 Å². The van der Waals surface area contributed by atoms with Crippen LogP contribution in [0.5, 0.6) is 0 Å². The number of thiophene rings is 1. The van der Waals surface area contributed by atoms with E-state index in [1.807, 2.05) is 17.9 Å². The topological polar surface area (TPSA) is 29.9 Å². The molecule has 18 heavy (non-hydrogen) atoms. The average molecular weight is 328 g/mol. The summed E-state index contributed by atoms with van der Waals surface area (Å²) in [7, 11) is 1.99. The van der Waals surface area contributed by atoms with Crippen LogP contribution in [0.2, 0.25) is 0 Å². The predicted molar refractivity (Wildman–Crippen MR) is 80.1 cm³/mol. The normalized spacial score (nSPS) is 12.9. The van der Waals surface area contributed by atoms with E-state index < -0.39 is 0 Å². The number of likely N-dealkylation sites (N-methyl/N-ethyl adjacent to an activating group) is 1. The Balaban J connectivity index is 2.20. The second-order valence-corrected chi connectivity index (χ2v) is 6.88. The minimum absolute atomic E-state index is 0.342. The first kappa shape index (κ1) is 13.8. The number of nitrogens with one attached hydrogen (secondary N) is 1. The Morgan fingerprint density at radius 1 is 1.50 bits per heavy atom. The maximum Gasteiger partial charge on any atom is 0.0701 e. The van der Waals surface area contributed by atoms with Gasteiger partial charge in [0.15, 0.2) is 0 Å². The summed E-state index contributed by atoms with van der Waals surface area (Å²) in [5.41, 5.74) is 2.53. The third kappa shape index (κ3) is 3.02. The largest absolute Gasteiger partial charge is 0.310 e. The highest BCUT2D eigenvalue weighted by molar-refractivity contribution is 9.11. The molecule has 5 heteroatoms. The van der Waals surface area contributed by atoms with Gasteiger partial charge in [0.2, 0.25) is 0 Å². The molecule has 0 radical (unpaired) electrons. The van der Waals surface area contributed by atoms with Gasteiger partial charge in [-0.15, -0.1) is 11.3 Å². The smallest absolute Gasteiger partial charge is 0.0701 e. The summed E-state index contributed by atoms with van der Waals surface area (Å²) >= 11 is 5.32. The second-order valence-electron chi connectivity index (χ2n) is 4.33. The molecule has 0 aliphatic carbocycles. The van der Waals surface area contributed by atoms with Crippen LogP contribution in [-0.2, 0) is 13.5 Å². The molecule has 1 N–H and O–H groups in total. The molecule has 1 unspecified atom stereocenters. The first-order valence-corrected chi connectivity index (χ1v) is 7.68. The Labute approximate surface area is 120 Å². The quantitative estimate of drug-likeness (QED) is 0.911. The van der Waals surface area contributed by atoms with Crippen molar-refractivity contribution >= 4 is 27.3 Å². The molecule has 2 aromatic rings. The molecular weight excluding hydrogens is 310 g/mol. The summed E-state index contributed by atoms with van der Waals surface area (Å²) in [6, 6.07) is 4.64. The van der Waals surface area contributed by atoms with E-state index in [0.29, 0.717) is 6.04 Å². The van der Waals surface area contributed by atoms with E-state index in [2.05, 4.69) is 52.3 Å². The summed E-state index contributed by atoms with van der Waals surface area (Å²) < 4.78 is 3.12. The Hall–Kier alpha value is -0.650. The van der Waals surface area contributed by atoms with Crippen molar-refractivity contribution in [3.63, 3.8) is 0 Å². The van der Waals surface area contributed by atoms with Crippen molar-refractivity contribution in [1.29, 1.82) is 0 Å². The molecular formula is C13H18BrN3S. The minimum Gasteiger partial charge on any atom is -0.310 e. The molecule has 0 spiro atoms. The van der Waals surface area contributed by atoms with Crippen LogP contribution in [0.4, 0.5) is 0 Å². The Bertz CT molecular complexity index is 518. The minimum atomic E-state index is 0.342. The van der Waals surface area contributed by atoms with Gasteiger partial charge < -0.3 is 5.32 Å². The molecule has 0 amide bonds. The van der Waals surface area contributed by atoms with Crippen LogP contribution in [0.3, 0.4) is 0 Å². The molecule has 0 aromatic carbocycles. The molecule has 2 heterocycles. The van der Waals surface area contributed by atoms with Crippen LogP contribution in [0.25, 0.3) is 0 Å². The molecule has 0 bridgehead atoms. The molecule has 0 fully saturated rings. The fourth-order valence-corrected chi connectivity index (χ4v) is 3.59. The van der Waals surface area contributed by atoms with Gasteiger partial charge in [-0.3, -0.25) is 4.68 Å². The molecule has 0 saturated carbocycles. The van der Waals surface area contributed by atoms with E-state index in [0.717, 1.165) is 13.0 Å². The van der Waals surface area contributed by atoms with Crippen LogP contribution in [-0.4, -0.2) is 16.3 Å². The number of halogens is 1. The van der Waals surface area contributed by atoms with Gasteiger partial charge in [0.05, 0.1) is 9.98 Å². The Morgan fingerprint density at radius 3 is 2.78 bits per heavy atom. The van der Waals surface area contributed by atoms with Gasteiger partial charge >= 0.3 is 0 Å². The van der Waals surface area contributed by atoms with Crippen LogP contribution in [0.15, 0.2) is 22.1 Å². The van der Waals surface area contributed by atoms with Gasteiger partial charge in [0.1, 0.15) is 0 Å². The van der Waals surface area contributed by atoms with Crippen molar-refractivity contribution in [3.05, 3.63) is 38.3 Å². The van der Waals surface area contributed by atoms with Crippen molar-refractivity contribution in [1.82, 2.24) is 15.1 Å². The zero-order chi connectivity index (χ0) is 13.1. The van der Waals surface area contributed by atoms with E-state index in [1.54, 1.807) is 11.3 Å². The van der Waals surface area contributed by atoms with E-state index >= 15 is 0 Å². The van der Waals surface area contributed by atoms with Crippen molar-refractivity contribution in [3.8, 4) is 0 Å². The number of hydrogen-bond acceptors (Lipinski definition) is 3. The summed E-state index contributed by atoms with van der Waals surface area (Å²) in [4.78, 5) is 1.39. The fourth-order valence-electron chi connectivity index (χ4n) is 2.06. The number of nitrogens with zero attached hydrogens (tertiary/aromatic N) is 2. The van der Waals surface area contributed by atoms with Crippen LogP contribution in [0.1, 0.15) is 29.1 Å². The molecule has 98 valence electrons. The van der Waals surface area contributed by atoms with Crippen LogP contribution >= 0.6 is 27.3 Å². The predicted octanol–water partition coefficient (Wildman–Crippen LogP) is 3.45. The van der Waals surface area contributed by atoms with Gasteiger partial charge in [-0.25, -0.2) is 0 Å². The number of rotatable bonds is 5. The fraction of sp³-hybridized carbons (Fsp3) is 0.462. The molecule has 1 atom stereocenters. The van der Waals surface area contributed by atoms with Crippen LogP contribution < -0.4 is 5.32 Å². The third-order valence-electron chi connectivity index (χ3n) is 3.13. The van der Waals surface area contributed by atoms with Crippen LogP contribution in [0, 0.1) is 6.92 Å². The molecule has 2 rings (SSSR count). The lowest BCUT2D eigenvalue weighted by Gasteiger charge is -2.17. The molecule has 0 aliphatic rings. The maximum absolute atomic E-state index is 4.34. The average Bonchev–Trinajstić information content (AvgIpc) is 2.87. The Morgan fingerprint density at radius 2 is 2.28 bits per heavy atom. The zero-order valence-electron chi connectivity index (χ0n) is 10.9. The van der Waals surface area contributed by atoms with Gasteiger partial charge in [-0.2, -0.15) is 5.10 Å². The standard InChI is InChI=1S/C13H18BrN3S/c1-4-15-12(7-10-5-6-13(14)18-10)11-8-16-17(3)9(11)2/h5-6,8,12,15H,4,7H2,1-3H3. The zero-order valence-corrected chi connectivity index (χ0v) is 13.3. The molecule has 0 saturated heterocycles. The molecule has 0 aliphatic heterocycles. The van der Waals surface area contributed by atoms with E-state index in [1.165, 1.54) is 19.9 Å². The van der Waals surface area contributed by atoms with Crippen molar-refractivity contribution in [2.75, 3.05) is 6.54 Å². The first-order chi connectivity index (χ1) is 8.61. The highest BCUT2D eigenvalue weighted by Crippen LogP contribution is 2.27. The number of aryl methyl sites for hydroxylation is 1. The highest BCUT2D eigenvalue weighted by Gasteiger charge is 2.17. The lowest BCUT2D eigenvalue weighted by atomic mass is 10.0. The summed E-state index contributed by atoms with van der Waals surface area (Å²) in [6.45, 7) is 5.23. The van der Waals surface area contributed by atoms with Gasteiger partial charge in [0, 0.05) is 35.6 Å². The first-order valence-electron chi connectivity index (χ1n) is 6.08. The van der Waals surface area contributed by atoms with Gasteiger partial charge in [-0.1, -0.05) is 6.92 Å². The summed E-state index contributed by atoms with van der Waals surface area (Å²) in [5, 5.41) is 7.89. The van der Waals surface area contributed by atoms with E-state index in [-0.39, 0.29) is 0 Å². The van der Waals surface area contributed by atoms with E-state index in [9.17, 15) is 0 Å². The Kier molecular flexibility index (Phi) is 4.59. The van der Waals surface area contributed by atoms with Crippen molar-refractivity contribution in [2.45, 2.75) is 26.3 Å². The lowest BCUT2D eigenvalue weighted by molar-refractivity contribution is 0.549. The monoisotopic (exact) mass is 327 g/mol. The highest BCUT2D eigenvalue weighted by atomic mass is 79.9.